The highest BCUT2D eigenvalue weighted by Crippen LogP contribution is 2.25. The van der Waals surface area contributed by atoms with Crippen LogP contribution in [-0.2, 0) is 6.54 Å². The number of nitrogens with zero attached hydrogens (tertiary/aromatic N) is 2. The molecule has 0 unspecified atom stereocenters. The van der Waals surface area contributed by atoms with E-state index in [9.17, 15) is 4.39 Å². The van der Waals surface area contributed by atoms with Crippen LogP contribution in [0.25, 0.3) is 0 Å². The monoisotopic (exact) mass is 373 g/mol. The summed E-state index contributed by atoms with van der Waals surface area (Å²) in [5, 5.41) is 3.15. The van der Waals surface area contributed by atoms with Gasteiger partial charge in [-0.2, -0.15) is 0 Å². The van der Waals surface area contributed by atoms with E-state index in [0.29, 0.717) is 18.1 Å². The number of hydrogen-bond donors (Lipinski definition) is 1. The summed E-state index contributed by atoms with van der Waals surface area (Å²) in [4.78, 5) is 8.14. The van der Waals surface area contributed by atoms with Crippen LogP contribution in [0, 0.1) is 5.82 Å². The first-order valence-corrected chi connectivity index (χ1v) is 7.72. The third-order valence-electron chi connectivity index (χ3n) is 3.08. The highest BCUT2D eigenvalue weighted by molar-refractivity contribution is 9.10. The van der Waals surface area contributed by atoms with E-state index in [4.69, 9.17) is 4.74 Å². The van der Waals surface area contributed by atoms with Crippen LogP contribution in [0.4, 0.5) is 10.2 Å². The largest absolute Gasteiger partial charge is 0.453 e. The molecule has 1 N–H and O–H groups in total. The Morgan fingerprint density at radius 3 is 2.74 bits per heavy atom. The number of aromatic nitrogens is 2. The van der Waals surface area contributed by atoms with E-state index < -0.39 is 5.82 Å². The van der Waals surface area contributed by atoms with Crippen LogP contribution < -0.4 is 10.1 Å². The Labute approximate surface area is 141 Å². The number of ether oxygens (including phenoxy) is 1. The molecule has 0 aliphatic heterocycles. The van der Waals surface area contributed by atoms with E-state index in [-0.39, 0.29) is 5.75 Å². The minimum Gasteiger partial charge on any atom is -0.453 e. The Morgan fingerprint density at radius 1 is 1.13 bits per heavy atom. The molecule has 1 aromatic carbocycles. The normalized spacial score (nSPS) is 10.3. The van der Waals surface area contributed by atoms with Crippen molar-refractivity contribution >= 4 is 21.7 Å². The fraction of sp³-hybridized carbons (Fsp3) is 0.0588. The quantitative estimate of drug-likeness (QED) is 0.698. The molecule has 0 saturated carbocycles. The fourth-order valence-corrected chi connectivity index (χ4v) is 2.37. The molecule has 4 nitrogen and oxygen atoms in total. The number of hydrogen-bond acceptors (Lipinski definition) is 4. The van der Waals surface area contributed by atoms with Crippen molar-refractivity contribution in [3.8, 4) is 11.5 Å². The molecule has 116 valence electrons. The zero-order valence-corrected chi connectivity index (χ0v) is 13.6. The van der Waals surface area contributed by atoms with Gasteiger partial charge >= 0.3 is 0 Å². The summed E-state index contributed by atoms with van der Waals surface area (Å²) in [6, 6.07) is 12.0. The molecule has 0 bridgehead atoms. The fourth-order valence-electron chi connectivity index (χ4n) is 1.97. The SMILES string of the molecule is Fc1cc(CNc2ncccc2Br)ccc1Oc1cccnc1. The van der Waals surface area contributed by atoms with Crippen molar-refractivity contribution < 1.29 is 9.13 Å². The van der Waals surface area contributed by atoms with Crippen molar-refractivity contribution in [1.29, 1.82) is 0 Å². The lowest BCUT2D eigenvalue weighted by Crippen LogP contribution is -2.02. The molecular weight excluding hydrogens is 361 g/mol. The van der Waals surface area contributed by atoms with Gasteiger partial charge in [-0.25, -0.2) is 9.37 Å². The van der Waals surface area contributed by atoms with Gasteiger partial charge in [0.25, 0.3) is 0 Å². The van der Waals surface area contributed by atoms with Gasteiger partial charge in [0, 0.05) is 18.9 Å². The Hall–Kier alpha value is -2.47. The maximum absolute atomic E-state index is 14.1. The molecule has 3 aromatic rings. The molecule has 0 radical (unpaired) electrons. The zero-order valence-electron chi connectivity index (χ0n) is 12.0. The van der Waals surface area contributed by atoms with E-state index in [1.165, 1.54) is 12.3 Å². The molecule has 3 rings (SSSR count). The van der Waals surface area contributed by atoms with E-state index >= 15 is 0 Å². The van der Waals surface area contributed by atoms with Gasteiger partial charge in [-0.15, -0.1) is 0 Å². The molecule has 2 aromatic heterocycles. The molecule has 0 fully saturated rings. The van der Waals surface area contributed by atoms with E-state index in [1.807, 2.05) is 12.1 Å². The zero-order chi connectivity index (χ0) is 16.1. The lowest BCUT2D eigenvalue weighted by atomic mass is 10.2. The maximum atomic E-state index is 14.1. The maximum Gasteiger partial charge on any atom is 0.166 e. The Morgan fingerprint density at radius 2 is 2.00 bits per heavy atom. The molecule has 0 aliphatic carbocycles. The minimum absolute atomic E-state index is 0.167. The predicted molar refractivity (Wildman–Crippen MR) is 90.0 cm³/mol. The molecule has 0 atom stereocenters. The van der Waals surface area contributed by atoms with E-state index in [0.717, 1.165) is 10.0 Å². The number of benzene rings is 1. The Balaban J connectivity index is 1.68. The lowest BCUT2D eigenvalue weighted by molar-refractivity contribution is 0.440. The number of halogens is 2. The van der Waals surface area contributed by atoms with Crippen molar-refractivity contribution in [2.45, 2.75) is 6.54 Å². The summed E-state index contributed by atoms with van der Waals surface area (Å²) in [6.45, 7) is 0.458. The highest BCUT2D eigenvalue weighted by Gasteiger charge is 2.07. The van der Waals surface area contributed by atoms with Gasteiger partial charge in [-0.05, 0) is 57.9 Å². The first-order valence-electron chi connectivity index (χ1n) is 6.93. The van der Waals surface area contributed by atoms with Crippen LogP contribution in [0.2, 0.25) is 0 Å². The average molecular weight is 374 g/mol. The number of anilines is 1. The van der Waals surface area contributed by atoms with Gasteiger partial charge in [0.05, 0.1) is 10.7 Å². The molecular formula is C17H13BrFN3O. The second kappa shape index (κ2) is 7.19. The summed E-state index contributed by atoms with van der Waals surface area (Å²) in [6.07, 6.45) is 4.86. The summed E-state index contributed by atoms with van der Waals surface area (Å²) >= 11 is 3.41. The van der Waals surface area contributed by atoms with E-state index in [1.54, 1.807) is 36.7 Å². The van der Waals surface area contributed by atoms with Crippen molar-refractivity contribution in [2.75, 3.05) is 5.32 Å². The summed E-state index contributed by atoms with van der Waals surface area (Å²) in [7, 11) is 0. The summed E-state index contributed by atoms with van der Waals surface area (Å²) in [5.41, 5.74) is 0.790. The van der Waals surface area contributed by atoms with Crippen molar-refractivity contribution in [3.63, 3.8) is 0 Å². The first-order chi connectivity index (χ1) is 11.2. The van der Waals surface area contributed by atoms with Gasteiger partial charge in [-0.3, -0.25) is 4.98 Å². The highest BCUT2D eigenvalue weighted by atomic mass is 79.9. The van der Waals surface area contributed by atoms with Gasteiger partial charge in [0.15, 0.2) is 11.6 Å². The number of nitrogens with one attached hydrogen (secondary N) is 1. The summed E-state index contributed by atoms with van der Waals surface area (Å²) < 4.78 is 20.5. The molecule has 2 heterocycles. The van der Waals surface area contributed by atoms with Crippen LogP contribution in [0.5, 0.6) is 11.5 Å². The van der Waals surface area contributed by atoms with Crippen LogP contribution in [-0.4, -0.2) is 9.97 Å². The standard InChI is InChI=1S/C17H13BrFN3O/c18-14-4-2-8-21-17(14)22-10-12-5-6-16(15(19)9-12)23-13-3-1-7-20-11-13/h1-9,11H,10H2,(H,21,22). The Bertz CT molecular complexity index is 799. The van der Waals surface area contributed by atoms with Crippen molar-refractivity contribution in [1.82, 2.24) is 9.97 Å². The smallest absolute Gasteiger partial charge is 0.166 e. The van der Waals surface area contributed by atoms with Crippen molar-refractivity contribution in [3.05, 3.63) is 76.9 Å². The third kappa shape index (κ3) is 4.04. The average Bonchev–Trinajstić information content (AvgIpc) is 2.57. The summed E-state index contributed by atoms with van der Waals surface area (Å²) in [5.74, 6) is 0.951. The molecule has 23 heavy (non-hydrogen) atoms. The molecule has 0 aliphatic rings. The van der Waals surface area contributed by atoms with Gasteiger partial charge in [0.2, 0.25) is 0 Å². The van der Waals surface area contributed by atoms with Crippen molar-refractivity contribution in [2.24, 2.45) is 0 Å². The second-order valence-electron chi connectivity index (χ2n) is 4.74. The van der Waals surface area contributed by atoms with E-state index in [2.05, 4.69) is 31.2 Å². The molecule has 0 spiro atoms. The Kier molecular flexibility index (Phi) is 4.83. The first kappa shape index (κ1) is 15.4. The third-order valence-corrected chi connectivity index (χ3v) is 3.72. The van der Waals surface area contributed by atoms with Gasteiger partial charge in [-0.1, -0.05) is 6.07 Å². The lowest BCUT2D eigenvalue weighted by Gasteiger charge is -2.10. The second-order valence-corrected chi connectivity index (χ2v) is 5.60. The van der Waals surface area contributed by atoms with Gasteiger partial charge in [0.1, 0.15) is 11.6 Å². The van der Waals surface area contributed by atoms with Crippen LogP contribution in [0.1, 0.15) is 5.56 Å². The van der Waals surface area contributed by atoms with Crippen LogP contribution in [0.15, 0.2) is 65.5 Å². The van der Waals surface area contributed by atoms with Crippen LogP contribution >= 0.6 is 15.9 Å². The number of rotatable bonds is 5. The van der Waals surface area contributed by atoms with Gasteiger partial charge < -0.3 is 10.1 Å². The molecule has 0 saturated heterocycles. The molecule has 6 heteroatoms. The predicted octanol–water partition coefficient (Wildman–Crippen LogP) is 4.78. The topological polar surface area (TPSA) is 47.0 Å². The molecule has 0 amide bonds. The van der Waals surface area contributed by atoms with Crippen LogP contribution in [0.3, 0.4) is 0 Å². The minimum atomic E-state index is -0.423. The number of pyridine rings is 2.